The summed E-state index contributed by atoms with van der Waals surface area (Å²) in [4.78, 5) is 24.0. The van der Waals surface area contributed by atoms with Crippen molar-refractivity contribution in [3.63, 3.8) is 0 Å². The van der Waals surface area contributed by atoms with Crippen molar-refractivity contribution in [3.8, 4) is 0 Å². The molecule has 1 atom stereocenters. The molecule has 8 heteroatoms. The maximum absolute atomic E-state index is 12.1. The van der Waals surface area contributed by atoms with Gasteiger partial charge < -0.3 is 4.57 Å². The van der Waals surface area contributed by atoms with Crippen LogP contribution in [0.3, 0.4) is 0 Å². The van der Waals surface area contributed by atoms with Crippen molar-refractivity contribution in [3.05, 3.63) is 42.2 Å². The Hall–Kier alpha value is -2.35. The summed E-state index contributed by atoms with van der Waals surface area (Å²) < 4.78 is 1.89. The molecule has 0 bridgehead atoms. The molecule has 0 saturated carbocycles. The van der Waals surface area contributed by atoms with Gasteiger partial charge in [0.25, 0.3) is 11.8 Å². The van der Waals surface area contributed by atoms with E-state index in [0.29, 0.717) is 10.7 Å². The van der Waals surface area contributed by atoms with Crippen molar-refractivity contribution < 1.29 is 9.59 Å². The Morgan fingerprint density at radius 2 is 1.83 bits per heavy atom. The summed E-state index contributed by atoms with van der Waals surface area (Å²) in [6.07, 6.45) is 1.63. The van der Waals surface area contributed by atoms with E-state index in [9.17, 15) is 9.59 Å². The van der Waals surface area contributed by atoms with E-state index in [2.05, 4.69) is 21.0 Å². The van der Waals surface area contributed by atoms with Crippen LogP contribution in [0.25, 0.3) is 0 Å². The lowest BCUT2D eigenvalue weighted by atomic mass is 10.2. The molecule has 122 valence electrons. The van der Waals surface area contributed by atoms with E-state index >= 15 is 0 Å². The predicted molar refractivity (Wildman–Crippen MR) is 87.8 cm³/mol. The molecule has 2 aromatic rings. The maximum Gasteiger partial charge on any atom is 0.269 e. The number of amides is 2. The summed E-state index contributed by atoms with van der Waals surface area (Å²) in [6.45, 7) is 5.77. The Labute approximate surface area is 138 Å². The van der Waals surface area contributed by atoms with E-state index in [1.807, 2.05) is 24.5 Å². The molecule has 2 rings (SSSR count). The topological polar surface area (TPSA) is 88.9 Å². The number of aromatic nitrogens is 3. The molecule has 23 heavy (non-hydrogen) atoms. The number of carbonyl (C=O) groups is 2. The third-order valence-corrected chi connectivity index (χ3v) is 4.15. The molecule has 0 unspecified atom stereocenters. The van der Waals surface area contributed by atoms with Gasteiger partial charge in [-0.3, -0.25) is 20.4 Å². The number of benzene rings is 1. The number of hydrogen-bond donors (Lipinski definition) is 2. The van der Waals surface area contributed by atoms with Crippen LogP contribution in [0.4, 0.5) is 0 Å². The molecule has 0 fully saturated rings. The van der Waals surface area contributed by atoms with E-state index in [1.54, 1.807) is 37.5 Å². The van der Waals surface area contributed by atoms with Crippen LogP contribution < -0.4 is 10.9 Å². The fourth-order valence-corrected chi connectivity index (χ4v) is 2.72. The van der Waals surface area contributed by atoms with Crippen LogP contribution in [0, 0.1) is 0 Å². The van der Waals surface area contributed by atoms with E-state index in [1.165, 1.54) is 11.8 Å². The minimum absolute atomic E-state index is 0.209. The largest absolute Gasteiger partial charge is 0.306 e. The second kappa shape index (κ2) is 7.77. The number of hydrogen-bond acceptors (Lipinski definition) is 5. The maximum atomic E-state index is 12.1. The number of nitrogens with one attached hydrogen (secondary N) is 2. The highest BCUT2D eigenvalue weighted by atomic mass is 32.2. The summed E-state index contributed by atoms with van der Waals surface area (Å²) in [5.74, 6) is -0.668. The van der Waals surface area contributed by atoms with Gasteiger partial charge in [-0.25, -0.2) is 0 Å². The van der Waals surface area contributed by atoms with Gasteiger partial charge in [0.1, 0.15) is 6.33 Å². The minimum Gasteiger partial charge on any atom is -0.306 e. The standard InChI is InChI=1S/C15H19N5O2S/c1-10(2)20-9-16-19-15(20)23-11(3)13(21)17-18-14(22)12-7-5-4-6-8-12/h4-11H,1-3H3,(H,17,21)(H,18,22)/t11-/m0/s1. The molecule has 0 radical (unpaired) electrons. The van der Waals surface area contributed by atoms with Crippen molar-refractivity contribution in [2.75, 3.05) is 0 Å². The summed E-state index contributed by atoms with van der Waals surface area (Å²) >= 11 is 1.29. The minimum atomic E-state index is -0.423. The van der Waals surface area contributed by atoms with Crippen molar-refractivity contribution >= 4 is 23.6 Å². The molecule has 0 aliphatic rings. The number of rotatable bonds is 5. The second-order valence-corrected chi connectivity index (χ2v) is 6.49. The van der Waals surface area contributed by atoms with Crippen LogP contribution in [-0.4, -0.2) is 31.8 Å². The van der Waals surface area contributed by atoms with Gasteiger partial charge in [0.15, 0.2) is 5.16 Å². The number of thioether (sulfide) groups is 1. The lowest BCUT2D eigenvalue weighted by Crippen LogP contribution is -2.44. The second-order valence-electron chi connectivity index (χ2n) is 5.18. The number of carbonyl (C=O) groups excluding carboxylic acids is 2. The molecule has 1 heterocycles. The van der Waals surface area contributed by atoms with Gasteiger partial charge in [0.05, 0.1) is 5.25 Å². The quantitative estimate of drug-likeness (QED) is 0.643. The van der Waals surface area contributed by atoms with E-state index in [-0.39, 0.29) is 17.9 Å². The number of hydrazine groups is 1. The fraction of sp³-hybridized carbons (Fsp3) is 0.333. The summed E-state index contributed by atoms with van der Waals surface area (Å²) in [5, 5.41) is 8.11. The molecule has 2 N–H and O–H groups in total. The highest BCUT2D eigenvalue weighted by Crippen LogP contribution is 2.23. The first-order valence-electron chi connectivity index (χ1n) is 7.20. The van der Waals surface area contributed by atoms with Crippen molar-refractivity contribution in [2.45, 2.75) is 37.2 Å². The first-order chi connectivity index (χ1) is 11.0. The van der Waals surface area contributed by atoms with Gasteiger partial charge in [0, 0.05) is 11.6 Å². The van der Waals surface area contributed by atoms with Gasteiger partial charge in [0.2, 0.25) is 0 Å². The van der Waals surface area contributed by atoms with Gasteiger partial charge in [-0.1, -0.05) is 30.0 Å². The Balaban J connectivity index is 1.88. The van der Waals surface area contributed by atoms with Crippen LogP contribution in [0.1, 0.15) is 37.2 Å². The number of nitrogens with zero attached hydrogens (tertiary/aromatic N) is 3. The molecule has 7 nitrogen and oxygen atoms in total. The Morgan fingerprint density at radius 3 is 2.48 bits per heavy atom. The fourth-order valence-electron chi connectivity index (χ4n) is 1.76. The van der Waals surface area contributed by atoms with Gasteiger partial charge in [-0.05, 0) is 32.9 Å². The monoisotopic (exact) mass is 333 g/mol. The van der Waals surface area contributed by atoms with Crippen LogP contribution in [0.5, 0.6) is 0 Å². The highest BCUT2D eigenvalue weighted by molar-refractivity contribution is 8.00. The summed E-state index contributed by atoms with van der Waals surface area (Å²) in [7, 11) is 0. The molecule has 1 aromatic heterocycles. The van der Waals surface area contributed by atoms with Crippen molar-refractivity contribution in [1.29, 1.82) is 0 Å². The van der Waals surface area contributed by atoms with Gasteiger partial charge >= 0.3 is 0 Å². The predicted octanol–water partition coefficient (Wildman–Crippen LogP) is 1.80. The van der Waals surface area contributed by atoms with Crippen LogP contribution in [0.15, 0.2) is 41.8 Å². The lowest BCUT2D eigenvalue weighted by Gasteiger charge is -2.14. The van der Waals surface area contributed by atoms with Crippen LogP contribution in [0.2, 0.25) is 0 Å². The van der Waals surface area contributed by atoms with Crippen molar-refractivity contribution in [1.82, 2.24) is 25.6 Å². The Kier molecular flexibility index (Phi) is 5.75. The first kappa shape index (κ1) is 17.0. The molecule has 0 saturated heterocycles. The smallest absolute Gasteiger partial charge is 0.269 e. The normalized spacial score (nSPS) is 12.0. The zero-order chi connectivity index (χ0) is 16.8. The lowest BCUT2D eigenvalue weighted by molar-refractivity contribution is -0.121. The summed E-state index contributed by atoms with van der Waals surface area (Å²) in [5.41, 5.74) is 5.31. The van der Waals surface area contributed by atoms with E-state index in [4.69, 9.17) is 0 Å². The molecular weight excluding hydrogens is 314 g/mol. The van der Waals surface area contributed by atoms with E-state index in [0.717, 1.165) is 0 Å². The molecular formula is C15H19N5O2S. The SMILES string of the molecule is CC(C)n1cnnc1S[C@@H](C)C(=O)NNC(=O)c1ccccc1. The van der Waals surface area contributed by atoms with Gasteiger partial charge in [-0.2, -0.15) is 0 Å². The van der Waals surface area contributed by atoms with Crippen LogP contribution >= 0.6 is 11.8 Å². The third kappa shape index (κ3) is 4.56. The zero-order valence-electron chi connectivity index (χ0n) is 13.2. The first-order valence-corrected chi connectivity index (χ1v) is 8.08. The average molecular weight is 333 g/mol. The highest BCUT2D eigenvalue weighted by Gasteiger charge is 2.19. The molecule has 1 aromatic carbocycles. The molecule has 2 amide bonds. The average Bonchev–Trinajstić information content (AvgIpc) is 3.01. The summed E-state index contributed by atoms with van der Waals surface area (Å²) in [6, 6.07) is 8.89. The van der Waals surface area contributed by atoms with Crippen molar-refractivity contribution in [2.24, 2.45) is 0 Å². The van der Waals surface area contributed by atoms with E-state index < -0.39 is 5.25 Å². The molecule has 0 spiro atoms. The molecule has 0 aliphatic carbocycles. The van der Waals surface area contributed by atoms with Gasteiger partial charge in [-0.15, -0.1) is 10.2 Å². The molecule has 0 aliphatic heterocycles. The third-order valence-electron chi connectivity index (χ3n) is 3.08. The Morgan fingerprint density at radius 1 is 1.13 bits per heavy atom. The van der Waals surface area contributed by atoms with Crippen LogP contribution in [-0.2, 0) is 4.79 Å². The Bertz CT molecular complexity index is 672. The zero-order valence-corrected chi connectivity index (χ0v) is 14.0.